The average Bonchev–Trinajstić information content (AvgIpc) is 3.11. The molecular weight excluding hydrogens is 389 g/mol. The Morgan fingerprint density at radius 3 is 2.89 bits per heavy atom. The van der Waals surface area contributed by atoms with Crippen molar-refractivity contribution in [3.05, 3.63) is 70.2 Å². The molecule has 140 valence electrons. The van der Waals surface area contributed by atoms with Gasteiger partial charge in [0, 0.05) is 11.8 Å². The molecule has 0 atom stereocenters. The highest BCUT2D eigenvalue weighted by atomic mass is 35.5. The minimum atomic E-state index is -0.544. The molecule has 0 spiro atoms. The first-order valence-corrected chi connectivity index (χ1v) is 8.42. The summed E-state index contributed by atoms with van der Waals surface area (Å²) in [6, 6.07) is 8.78. The SMILES string of the molecule is O=C(Cn1cnc2onc(-c3cccc(F)c3)c2c1=O)Nc1cccnc1Cl. The van der Waals surface area contributed by atoms with Gasteiger partial charge in [-0.3, -0.25) is 14.2 Å². The van der Waals surface area contributed by atoms with Crippen LogP contribution in [0.25, 0.3) is 22.4 Å². The molecule has 0 saturated heterocycles. The zero-order valence-electron chi connectivity index (χ0n) is 14.1. The van der Waals surface area contributed by atoms with Crippen molar-refractivity contribution in [3.63, 3.8) is 0 Å². The van der Waals surface area contributed by atoms with Crippen LogP contribution in [-0.2, 0) is 11.3 Å². The van der Waals surface area contributed by atoms with E-state index in [-0.39, 0.29) is 28.5 Å². The van der Waals surface area contributed by atoms with Crippen molar-refractivity contribution in [3.8, 4) is 11.3 Å². The van der Waals surface area contributed by atoms with E-state index in [2.05, 4.69) is 20.4 Å². The van der Waals surface area contributed by atoms with E-state index >= 15 is 0 Å². The maximum absolute atomic E-state index is 13.5. The van der Waals surface area contributed by atoms with Gasteiger partial charge in [-0.1, -0.05) is 28.9 Å². The third-order valence-corrected chi connectivity index (χ3v) is 4.21. The lowest BCUT2D eigenvalue weighted by molar-refractivity contribution is -0.116. The molecule has 0 unspecified atom stereocenters. The van der Waals surface area contributed by atoms with Crippen LogP contribution in [0, 0.1) is 5.82 Å². The Morgan fingerprint density at radius 1 is 1.25 bits per heavy atom. The fourth-order valence-corrected chi connectivity index (χ4v) is 2.82. The van der Waals surface area contributed by atoms with Crippen molar-refractivity contribution in [1.29, 1.82) is 0 Å². The van der Waals surface area contributed by atoms with Crippen LogP contribution in [0.1, 0.15) is 0 Å². The molecule has 0 saturated carbocycles. The second-order valence-corrected chi connectivity index (χ2v) is 6.15. The lowest BCUT2D eigenvalue weighted by Crippen LogP contribution is -2.28. The molecule has 28 heavy (non-hydrogen) atoms. The van der Waals surface area contributed by atoms with Crippen molar-refractivity contribution in [1.82, 2.24) is 19.7 Å². The number of carbonyl (C=O) groups is 1. The Balaban J connectivity index is 1.68. The summed E-state index contributed by atoms with van der Waals surface area (Å²) in [7, 11) is 0. The summed E-state index contributed by atoms with van der Waals surface area (Å²) in [4.78, 5) is 33.0. The summed E-state index contributed by atoms with van der Waals surface area (Å²) >= 11 is 5.91. The van der Waals surface area contributed by atoms with E-state index in [9.17, 15) is 14.0 Å². The van der Waals surface area contributed by atoms with Gasteiger partial charge in [0.15, 0.2) is 5.15 Å². The van der Waals surface area contributed by atoms with Crippen LogP contribution in [0.5, 0.6) is 0 Å². The van der Waals surface area contributed by atoms with E-state index in [1.54, 1.807) is 18.2 Å². The predicted molar refractivity (Wildman–Crippen MR) is 99.3 cm³/mol. The Bertz CT molecular complexity index is 1250. The summed E-state index contributed by atoms with van der Waals surface area (Å²) < 4.78 is 19.7. The Hall–Kier alpha value is -3.59. The van der Waals surface area contributed by atoms with Crippen LogP contribution in [0.4, 0.5) is 10.1 Å². The Labute approximate surface area is 161 Å². The number of anilines is 1. The molecule has 0 fully saturated rings. The second-order valence-electron chi connectivity index (χ2n) is 5.79. The number of fused-ring (bicyclic) bond motifs is 1. The summed E-state index contributed by atoms with van der Waals surface area (Å²) in [5.74, 6) is -0.979. The highest BCUT2D eigenvalue weighted by Crippen LogP contribution is 2.24. The molecule has 0 bridgehead atoms. The van der Waals surface area contributed by atoms with Gasteiger partial charge in [0.1, 0.15) is 29.8 Å². The van der Waals surface area contributed by atoms with Gasteiger partial charge in [-0.15, -0.1) is 0 Å². The largest absolute Gasteiger partial charge is 0.335 e. The standard InChI is InChI=1S/C18H11ClFN5O3/c19-16-12(5-2-6-21-16)23-13(26)8-25-9-22-17-14(18(25)27)15(24-28-17)10-3-1-4-11(20)7-10/h1-7,9H,8H2,(H,23,26). The van der Waals surface area contributed by atoms with Gasteiger partial charge in [0.2, 0.25) is 5.91 Å². The number of nitrogens with one attached hydrogen (secondary N) is 1. The molecule has 4 rings (SSSR count). The summed E-state index contributed by atoms with van der Waals surface area (Å²) in [5.41, 5.74) is 0.287. The quantitative estimate of drug-likeness (QED) is 0.529. The van der Waals surface area contributed by atoms with Crippen LogP contribution in [0.3, 0.4) is 0 Å². The molecule has 1 aromatic carbocycles. The minimum absolute atomic E-state index is 0.00350. The first-order valence-electron chi connectivity index (χ1n) is 8.04. The fourth-order valence-electron chi connectivity index (χ4n) is 2.65. The maximum Gasteiger partial charge on any atom is 0.267 e. The van der Waals surface area contributed by atoms with E-state index in [0.29, 0.717) is 11.3 Å². The zero-order valence-corrected chi connectivity index (χ0v) is 14.9. The molecule has 0 aliphatic heterocycles. The van der Waals surface area contributed by atoms with E-state index in [4.69, 9.17) is 16.1 Å². The monoisotopic (exact) mass is 399 g/mol. The molecule has 3 heterocycles. The van der Waals surface area contributed by atoms with Crippen LogP contribution in [0.2, 0.25) is 5.15 Å². The summed E-state index contributed by atoms with van der Waals surface area (Å²) in [6.07, 6.45) is 2.66. The lowest BCUT2D eigenvalue weighted by atomic mass is 10.1. The molecule has 4 aromatic rings. The third-order valence-electron chi connectivity index (χ3n) is 3.91. The zero-order chi connectivity index (χ0) is 19.7. The number of aromatic nitrogens is 4. The molecule has 8 nitrogen and oxygen atoms in total. The van der Waals surface area contributed by atoms with Gasteiger partial charge < -0.3 is 9.84 Å². The van der Waals surface area contributed by atoms with Crippen molar-refractivity contribution >= 4 is 34.3 Å². The Kier molecular flexibility index (Phi) is 4.58. The molecular formula is C18H11ClFN5O3. The number of pyridine rings is 1. The van der Waals surface area contributed by atoms with Crippen LogP contribution in [0.15, 0.2) is 58.2 Å². The number of hydrogen-bond acceptors (Lipinski definition) is 6. The molecule has 0 radical (unpaired) electrons. The maximum atomic E-state index is 13.5. The number of rotatable bonds is 4. The smallest absolute Gasteiger partial charge is 0.267 e. The second kappa shape index (κ2) is 7.20. The number of carbonyl (C=O) groups excluding carboxylic acids is 1. The van der Waals surface area contributed by atoms with Crippen molar-refractivity contribution in [2.24, 2.45) is 0 Å². The predicted octanol–water partition coefficient (Wildman–Crippen LogP) is 2.88. The first kappa shape index (κ1) is 17.8. The summed E-state index contributed by atoms with van der Waals surface area (Å²) in [6.45, 7) is -0.319. The summed E-state index contributed by atoms with van der Waals surface area (Å²) in [5, 5.41) is 6.58. The van der Waals surface area contributed by atoms with Crippen molar-refractivity contribution < 1.29 is 13.7 Å². The average molecular weight is 400 g/mol. The van der Waals surface area contributed by atoms with Gasteiger partial charge in [-0.2, -0.15) is 0 Å². The van der Waals surface area contributed by atoms with E-state index in [0.717, 1.165) is 4.57 Å². The Morgan fingerprint density at radius 2 is 2.11 bits per heavy atom. The molecule has 1 amide bonds. The van der Waals surface area contributed by atoms with E-state index in [1.165, 1.54) is 30.7 Å². The highest BCUT2D eigenvalue weighted by molar-refractivity contribution is 6.32. The normalized spacial score (nSPS) is 10.9. The topological polar surface area (TPSA) is 103 Å². The first-order chi connectivity index (χ1) is 13.5. The van der Waals surface area contributed by atoms with Crippen molar-refractivity contribution in [2.45, 2.75) is 6.54 Å². The van der Waals surface area contributed by atoms with Gasteiger partial charge >= 0.3 is 0 Å². The van der Waals surface area contributed by atoms with Crippen LogP contribution < -0.4 is 10.9 Å². The molecule has 0 aliphatic rings. The van der Waals surface area contributed by atoms with Crippen molar-refractivity contribution in [2.75, 3.05) is 5.32 Å². The number of halogens is 2. The van der Waals surface area contributed by atoms with Gasteiger partial charge in [0.25, 0.3) is 11.3 Å². The molecule has 10 heteroatoms. The number of hydrogen-bond donors (Lipinski definition) is 1. The lowest BCUT2D eigenvalue weighted by Gasteiger charge is -2.07. The number of amides is 1. The fraction of sp³-hybridized carbons (Fsp3) is 0.0556. The molecule has 3 aromatic heterocycles. The third kappa shape index (κ3) is 3.35. The highest BCUT2D eigenvalue weighted by Gasteiger charge is 2.18. The van der Waals surface area contributed by atoms with E-state index in [1.807, 2.05) is 0 Å². The van der Waals surface area contributed by atoms with Gasteiger partial charge in [-0.25, -0.2) is 14.4 Å². The molecule has 0 aliphatic carbocycles. The van der Waals surface area contributed by atoms with Gasteiger partial charge in [-0.05, 0) is 24.3 Å². The number of nitrogens with zero attached hydrogens (tertiary/aromatic N) is 4. The van der Waals surface area contributed by atoms with Crippen LogP contribution >= 0.6 is 11.6 Å². The number of benzene rings is 1. The minimum Gasteiger partial charge on any atom is -0.335 e. The molecule has 1 N–H and O–H groups in total. The van der Waals surface area contributed by atoms with Gasteiger partial charge in [0.05, 0.1) is 5.69 Å². The van der Waals surface area contributed by atoms with E-state index < -0.39 is 17.3 Å². The van der Waals surface area contributed by atoms with Crippen LogP contribution in [-0.4, -0.2) is 25.6 Å².